The van der Waals surface area contributed by atoms with Gasteiger partial charge in [0, 0.05) is 19.1 Å². The molecule has 0 atom stereocenters. The van der Waals surface area contributed by atoms with Crippen LogP contribution in [0.4, 0.5) is 0 Å². The second-order valence-electron chi connectivity index (χ2n) is 3.00. The Morgan fingerprint density at radius 3 is 2.10 bits per heavy atom. The van der Waals surface area contributed by atoms with Crippen molar-refractivity contribution in [1.29, 1.82) is 0 Å². The molecule has 0 aromatic heterocycles. The van der Waals surface area contributed by atoms with Crippen LogP contribution in [0.15, 0.2) is 17.5 Å². The summed E-state index contributed by atoms with van der Waals surface area (Å²) in [6.07, 6.45) is 3.13. The molecular formula is C7H15N3. The molecule has 0 radical (unpaired) electrons. The van der Waals surface area contributed by atoms with E-state index in [1.54, 1.807) is 11.2 Å². The molecular weight excluding hydrogens is 126 g/mol. The molecule has 0 saturated heterocycles. The van der Waals surface area contributed by atoms with Crippen molar-refractivity contribution in [3.63, 3.8) is 0 Å². The lowest BCUT2D eigenvalue weighted by atomic mass is 10.1. The molecule has 0 rings (SSSR count). The highest BCUT2D eigenvalue weighted by Gasteiger charge is 2.15. The minimum atomic E-state index is -0.0440. The van der Waals surface area contributed by atoms with E-state index in [0.29, 0.717) is 0 Å². The molecule has 0 spiro atoms. The topological polar surface area (TPSA) is 41.6 Å². The minimum Gasteiger partial charge on any atom is -0.403 e. The molecule has 2 N–H and O–H groups in total. The summed E-state index contributed by atoms with van der Waals surface area (Å²) in [5, 5.41) is 5.47. The molecule has 58 valence electrons. The van der Waals surface area contributed by atoms with Gasteiger partial charge in [-0.2, -0.15) is 5.10 Å². The van der Waals surface area contributed by atoms with Crippen LogP contribution in [-0.4, -0.2) is 17.3 Å². The Labute approximate surface area is 62.2 Å². The van der Waals surface area contributed by atoms with Crippen molar-refractivity contribution in [2.75, 3.05) is 0 Å². The molecule has 0 saturated carbocycles. The summed E-state index contributed by atoms with van der Waals surface area (Å²) in [6.45, 7) is 9.50. The van der Waals surface area contributed by atoms with Gasteiger partial charge < -0.3 is 5.73 Å². The lowest BCUT2D eigenvalue weighted by Gasteiger charge is -2.28. The van der Waals surface area contributed by atoms with Crippen LogP contribution in [0.3, 0.4) is 0 Å². The van der Waals surface area contributed by atoms with Crippen LogP contribution >= 0.6 is 0 Å². The normalized spacial score (nSPS) is 11.9. The first-order valence-electron chi connectivity index (χ1n) is 3.16. The van der Waals surface area contributed by atoms with Crippen molar-refractivity contribution in [1.82, 2.24) is 5.01 Å². The number of rotatable bonds is 2. The van der Waals surface area contributed by atoms with Gasteiger partial charge in [-0.15, -0.1) is 0 Å². The van der Waals surface area contributed by atoms with Crippen molar-refractivity contribution >= 4 is 6.72 Å². The van der Waals surface area contributed by atoms with Crippen LogP contribution in [0.2, 0.25) is 0 Å². The largest absolute Gasteiger partial charge is 0.403 e. The van der Waals surface area contributed by atoms with E-state index in [9.17, 15) is 0 Å². The third-order valence-electron chi connectivity index (χ3n) is 1.07. The molecule has 0 aliphatic rings. The Morgan fingerprint density at radius 1 is 1.50 bits per heavy atom. The highest BCUT2D eigenvalue weighted by molar-refractivity contribution is 5.23. The van der Waals surface area contributed by atoms with E-state index in [1.165, 1.54) is 6.20 Å². The third kappa shape index (κ3) is 2.53. The number of hydrogen-bond donors (Lipinski definition) is 1. The molecule has 0 unspecified atom stereocenters. The van der Waals surface area contributed by atoms with Gasteiger partial charge in [-0.25, -0.2) is 0 Å². The van der Waals surface area contributed by atoms with Crippen LogP contribution < -0.4 is 5.73 Å². The van der Waals surface area contributed by atoms with Gasteiger partial charge in [0.2, 0.25) is 0 Å². The summed E-state index contributed by atoms with van der Waals surface area (Å²) in [5.41, 5.74) is 5.15. The first-order chi connectivity index (χ1) is 4.52. The van der Waals surface area contributed by atoms with Gasteiger partial charge in [0.1, 0.15) is 0 Å². The Bertz CT molecular complexity index is 132. The fraction of sp³-hybridized carbons (Fsp3) is 0.571. The van der Waals surface area contributed by atoms with E-state index < -0.39 is 0 Å². The fourth-order valence-electron chi connectivity index (χ4n) is 0.564. The van der Waals surface area contributed by atoms with Gasteiger partial charge in [0.05, 0.1) is 5.54 Å². The minimum absolute atomic E-state index is 0.0440. The molecule has 0 amide bonds. The molecule has 0 heterocycles. The van der Waals surface area contributed by atoms with Crippen LogP contribution in [0, 0.1) is 0 Å². The molecule has 10 heavy (non-hydrogen) atoms. The summed E-state index contributed by atoms with van der Waals surface area (Å²) in [7, 11) is 0. The average molecular weight is 141 g/mol. The van der Waals surface area contributed by atoms with E-state index in [4.69, 9.17) is 5.73 Å². The van der Waals surface area contributed by atoms with Crippen LogP contribution in [0.25, 0.3) is 0 Å². The Balaban J connectivity index is 4.21. The van der Waals surface area contributed by atoms with Gasteiger partial charge in [0.15, 0.2) is 0 Å². The number of hydrogen-bond acceptors (Lipinski definition) is 3. The first-order valence-corrected chi connectivity index (χ1v) is 3.16. The second-order valence-corrected chi connectivity index (χ2v) is 3.00. The van der Waals surface area contributed by atoms with E-state index in [2.05, 4.69) is 11.8 Å². The first kappa shape index (κ1) is 9.01. The summed E-state index contributed by atoms with van der Waals surface area (Å²) in [4.78, 5) is 0. The van der Waals surface area contributed by atoms with Crippen molar-refractivity contribution in [3.8, 4) is 0 Å². The maximum absolute atomic E-state index is 5.19. The van der Waals surface area contributed by atoms with Crippen molar-refractivity contribution in [2.45, 2.75) is 26.3 Å². The fourth-order valence-corrected chi connectivity index (χ4v) is 0.564. The molecule has 3 heteroatoms. The maximum atomic E-state index is 5.19. The Kier molecular flexibility index (Phi) is 2.93. The van der Waals surface area contributed by atoms with E-state index in [-0.39, 0.29) is 5.54 Å². The number of nitrogens with two attached hydrogens (primary N) is 1. The van der Waals surface area contributed by atoms with Crippen LogP contribution in [0.5, 0.6) is 0 Å². The average Bonchev–Trinajstić information content (AvgIpc) is 1.80. The van der Waals surface area contributed by atoms with Crippen LogP contribution in [0.1, 0.15) is 20.8 Å². The molecule has 3 nitrogen and oxygen atoms in total. The summed E-state index contributed by atoms with van der Waals surface area (Å²) >= 11 is 0. The maximum Gasteiger partial charge on any atom is 0.0543 e. The van der Waals surface area contributed by atoms with E-state index in [0.717, 1.165) is 0 Å². The molecule has 0 bridgehead atoms. The third-order valence-corrected chi connectivity index (χ3v) is 1.07. The summed E-state index contributed by atoms with van der Waals surface area (Å²) in [6, 6.07) is 0. The molecule has 0 fully saturated rings. The Hall–Kier alpha value is -0.990. The highest BCUT2D eigenvalue weighted by atomic mass is 15.5. The zero-order valence-corrected chi connectivity index (χ0v) is 6.83. The van der Waals surface area contributed by atoms with Crippen molar-refractivity contribution in [2.24, 2.45) is 10.8 Å². The van der Waals surface area contributed by atoms with E-state index in [1.807, 2.05) is 20.8 Å². The lowest BCUT2D eigenvalue weighted by Crippen LogP contribution is -2.32. The molecule has 0 aliphatic carbocycles. The smallest absolute Gasteiger partial charge is 0.0543 e. The highest BCUT2D eigenvalue weighted by Crippen LogP contribution is 2.12. The zero-order chi connectivity index (χ0) is 8.20. The zero-order valence-electron chi connectivity index (χ0n) is 6.83. The SMILES string of the molecule is C=NN(/C=C\N)C(C)(C)C. The second kappa shape index (κ2) is 3.25. The van der Waals surface area contributed by atoms with Gasteiger partial charge >= 0.3 is 0 Å². The predicted octanol–water partition coefficient (Wildman–Crippen LogP) is 1.13. The number of nitrogens with zero attached hydrogens (tertiary/aromatic N) is 2. The van der Waals surface area contributed by atoms with Crippen molar-refractivity contribution < 1.29 is 0 Å². The molecule has 0 aliphatic heterocycles. The van der Waals surface area contributed by atoms with Gasteiger partial charge in [-0.1, -0.05) is 0 Å². The van der Waals surface area contributed by atoms with Gasteiger partial charge in [-0.3, -0.25) is 5.01 Å². The van der Waals surface area contributed by atoms with Gasteiger partial charge in [0.25, 0.3) is 0 Å². The van der Waals surface area contributed by atoms with Crippen molar-refractivity contribution in [3.05, 3.63) is 12.4 Å². The predicted molar refractivity (Wildman–Crippen MR) is 44.5 cm³/mol. The van der Waals surface area contributed by atoms with Crippen LogP contribution in [-0.2, 0) is 0 Å². The molecule has 0 aromatic carbocycles. The monoisotopic (exact) mass is 141 g/mol. The quantitative estimate of drug-likeness (QED) is 0.462. The Morgan fingerprint density at radius 2 is 2.00 bits per heavy atom. The summed E-state index contributed by atoms with van der Waals surface area (Å²) in [5.74, 6) is 0. The summed E-state index contributed by atoms with van der Waals surface area (Å²) < 4.78 is 0. The van der Waals surface area contributed by atoms with E-state index >= 15 is 0 Å². The standard InChI is InChI=1S/C7H15N3/c1-7(2,3)10(9-4)6-5-8/h5-6H,4,8H2,1-3H3/b6-5-. The lowest BCUT2D eigenvalue weighted by molar-refractivity contribution is 0.216. The molecule has 0 aromatic rings. The van der Waals surface area contributed by atoms with Gasteiger partial charge in [-0.05, 0) is 20.8 Å². The number of hydrazone groups is 1.